The molecule has 7 heteroatoms. The number of rotatable bonds is 4. The second-order valence-electron chi connectivity index (χ2n) is 6.38. The molecule has 1 atom stereocenters. The van der Waals surface area contributed by atoms with Gasteiger partial charge in [0.1, 0.15) is 17.5 Å². The first-order valence-electron chi connectivity index (χ1n) is 8.86. The lowest BCUT2D eigenvalue weighted by Gasteiger charge is -2.25. The van der Waals surface area contributed by atoms with Crippen molar-refractivity contribution in [2.45, 2.75) is 11.3 Å². The van der Waals surface area contributed by atoms with E-state index >= 15 is 0 Å². The Morgan fingerprint density at radius 3 is 2.75 bits per heavy atom. The molecule has 0 unspecified atom stereocenters. The molecule has 2 aromatic heterocycles. The summed E-state index contributed by atoms with van der Waals surface area (Å²) in [5, 5.41) is 3.24. The van der Waals surface area contributed by atoms with E-state index in [0.29, 0.717) is 22.9 Å². The maximum Gasteiger partial charge on any atom is 0.260 e. The molecule has 0 aliphatic carbocycles. The van der Waals surface area contributed by atoms with Crippen molar-refractivity contribution in [2.75, 3.05) is 12.4 Å². The summed E-state index contributed by atoms with van der Waals surface area (Å²) in [5.74, 6) is 2.16. The molecule has 0 fully saturated rings. The van der Waals surface area contributed by atoms with Gasteiger partial charge in [-0.25, -0.2) is 4.98 Å². The Balaban J connectivity index is 1.36. The smallest absolute Gasteiger partial charge is 0.260 e. The van der Waals surface area contributed by atoms with Crippen molar-refractivity contribution in [3.8, 4) is 22.6 Å². The Morgan fingerprint density at radius 1 is 1.11 bits per heavy atom. The maximum absolute atomic E-state index is 12.7. The van der Waals surface area contributed by atoms with Gasteiger partial charge >= 0.3 is 0 Å². The van der Waals surface area contributed by atoms with Crippen molar-refractivity contribution in [3.63, 3.8) is 0 Å². The van der Waals surface area contributed by atoms with Crippen molar-refractivity contribution in [1.82, 2.24) is 9.97 Å². The van der Waals surface area contributed by atoms with Crippen LogP contribution in [-0.2, 0) is 0 Å². The van der Waals surface area contributed by atoms with Gasteiger partial charge in [-0.3, -0.25) is 4.79 Å². The molecule has 0 saturated carbocycles. The van der Waals surface area contributed by atoms with Gasteiger partial charge in [-0.2, -0.15) is 0 Å². The van der Waals surface area contributed by atoms with E-state index in [-0.39, 0.29) is 11.7 Å². The van der Waals surface area contributed by atoms with E-state index in [9.17, 15) is 4.79 Å². The van der Waals surface area contributed by atoms with Gasteiger partial charge in [0.15, 0.2) is 16.7 Å². The third-order valence-electron chi connectivity index (χ3n) is 4.48. The number of ether oxygens (including phenoxy) is 2. The molecule has 28 heavy (non-hydrogen) atoms. The zero-order valence-corrected chi connectivity index (χ0v) is 16.4. The van der Waals surface area contributed by atoms with Crippen molar-refractivity contribution in [1.29, 1.82) is 0 Å². The number of benzene rings is 2. The fraction of sp³-hybridized carbons (Fsp3) is 0.143. The summed E-state index contributed by atoms with van der Waals surface area (Å²) in [6, 6.07) is 17.5. The largest absolute Gasteiger partial charge is 0.486 e. The number of nitrogens with zero attached hydrogens (tertiary/aromatic N) is 1. The monoisotopic (exact) mass is 408 g/mol. The highest BCUT2D eigenvalue weighted by atomic mass is 32.2. The molecule has 5 rings (SSSR count). The minimum absolute atomic E-state index is 0.0934. The molecular weight excluding hydrogens is 392 g/mol. The molecule has 2 aromatic carbocycles. The number of fused-ring (bicyclic) bond motifs is 2. The van der Waals surface area contributed by atoms with Crippen LogP contribution in [0.3, 0.4) is 0 Å². The number of hydrogen-bond acceptors (Lipinski definition) is 6. The Labute approximate surface area is 169 Å². The highest BCUT2D eigenvalue weighted by molar-refractivity contribution is 7.99. The molecule has 4 aromatic rings. The number of thioether (sulfide) groups is 1. The summed E-state index contributed by atoms with van der Waals surface area (Å²) >= 11 is 2.96. The van der Waals surface area contributed by atoms with Crippen LogP contribution >= 0.6 is 23.1 Å². The van der Waals surface area contributed by atoms with Gasteiger partial charge in [-0.15, -0.1) is 11.3 Å². The van der Waals surface area contributed by atoms with E-state index in [4.69, 9.17) is 9.47 Å². The lowest BCUT2D eigenvalue weighted by Crippen LogP contribution is -2.31. The SMILES string of the molecule is O=c1[nH]c(SC[C@@H]2COc3ccccc3O2)nc2scc(-c3ccccc3)c12. The van der Waals surface area contributed by atoms with Gasteiger partial charge in [-0.05, 0) is 17.7 Å². The molecule has 0 saturated heterocycles. The fourth-order valence-electron chi connectivity index (χ4n) is 3.14. The molecule has 0 radical (unpaired) electrons. The first-order chi connectivity index (χ1) is 13.8. The van der Waals surface area contributed by atoms with E-state index in [2.05, 4.69) is 9.97 Å². The molecule has 0 amide bonds. The topological polar surface area (TPSA) is 64.2 Å². The van der Waals surface area contributed by atoms with Crippen LogP contribution in [-0.4, -0.2) is 28.4 Å². The highest BCUT2D eigenvalue weighted by Gasteiger charge is 2.21. The maximum atomic E-state index is 12.7. The summed E-state index contributed by atoms with van der Waals surface area (Å²) in [7, 11) is 0. The quantitative estimate of drug-likeness (QED) is 0.395. The molecule has 1 aliphatic heterocycles. The molecule has 140 valence electrons. The van der Waals surface area contributed by atoms with Gasteiger partial charge in [-0.1, -0.05) is 54.2 Å². The third-order valence-corrected chi connectivity index (χ3v) is 6.36. The van der Waals surface area contributed by atoms with Crippen LogP contribution in [0.5, 0.6) is 11.5 Å². The van der Waals surface area contributed by atoms with Crippen LogP contribution in [0.25, 0.3) is 21.3 Å². The molecular formula is C21H16N2O3S2. The molecule has 0 spiro atoms. The predicted octanol–water partition coefficient (Wildman–Crippen LogP) is 4.58. The Morgan fingerprint density at radius 2 is 1.89 bits per heavy atom. The third kappa shape index (κ3) is 3.27. The van der Waals surface area contributed by atoms with E-state index in [0.717, 1.165) is 27.5 Å². The molecule has 5 nitrogen and oxygen atoms in total. The average Bonchev–Trinajstić information content (AvgIpc) is 3.17. The van der Waals surface area contributed by atoms with E-state index in [1.54, 1.807) is 0 Å². The number of aromatic nitrogens is 2. The summed E-state index contributed by atoms with van der Waals surface area (Å²) in [5.41, 5.74) is 1.83. The van der Waals surface area contributed by atoms with Crippen LogP contribution in [0.1, 0.15) is 0 Å². The highest BCUT2D eigenvalue weighted by Crippen LogP contribution is 2.33. The zero-order valence-electron chi connectivity index (χ0n) is 14.8. The summed E-state index contributed by atoms with van der Waals surface area (Å²) in [6.45, 7) is 0.480. The first kappa shape index (κ1) is 17.3. The van der Waals surface area contributed by atoms with Crippen LogP contribution in [0.15, 0.2) is 69.9 Å². The summed E-state index contributed by atoms with van der Waals surface area (Å²) < 4.78 is 11.7. The van der Waals surface area contributed by atoms with E-state index < -0.39 is 0 Å². The second kappa shape index (κ2) is 7.33. The van der Waals surface area contributed by atoms with Crippen LogP contribution in [0.4, 0.5) is 0 Å². The van der Waals surface area contributed by atoms with Gasteiger partial charge in [0.25, 0.3) is 5.56 Å². The number of H-pyrrole nitrogens is 1. The van der Waals surface area contributed by atoms with Crippen molar-refractivity contribution >= 4 is 33.3 Å². The van der Waals surface area contributed by atoms with Crippen molar-refractivity contribution in [2.24, 2.45) is 0 Å². The summed E-state index contributed by atoms with van der Waals surface area (Å²) in [4.78, 5) is 21.0. The molecule has 3 heterocycles. The molecule has 1 N–H and O–H groups in total. The average molecular weight is 409 g/mol. The van der Waals surface area contributed by atoms with Crippen LogP contribution in [0.2, 0.25) is 0 Å². The van der Waals surface area contributed by atoms with Crippen LogP contribution in [0, 0.1) is 0 Å². The number of aromatic amines is 1. The fourth-order valence-corrected chi connectivity index (χ4v) is 4.98. The second-order valence-corrected chi connectivity index (χ2v) is 8.24. The summed E-state index contributed by atoms with van der Waals surface area (Å²) in [6.07, 6.45) is -0.0934. The van der Waals surface area contributed by atoms with Crippen molar-refractivity contribution in [3.05, 3.63) is 70.3 Å². The van der Waals surface area contributed by atoms with Gasteiger partial charge in [0.2, 0.25) is 0 Å². The van der Waals surface area contributed by atoms with Gasteiger partial charge in [0.05, 0.1) is 5.39 Å². The molecule has 0 bridgehead atoms. The van der Waals surface area contributed by atoms with E-state index in [1.165, 1.54) is 23.1 Å². The minimum atomic E-state index is -0.112. The first-order valence-corrected chi connectivity index (χ1v) is 10.7. The standard InChI is InChI=1S/C21H16N2O3S2/c24-19-18-15(13-6-2-1-3-7-13)12-27-20(18)23-21(22-19)28-11-14-10-25-16-8-4-5-9-17(16)26-14/h1-9,12,14H,10-11H2,(H,22,23,24)/t14-/m0/s1. The number of hydrogen-bond donors (Lipinski definition) is 1. The van der Waals surface area contributed by atoms with Gasteiger partial charge < -0.3 is 14.5 Å². The Hall–Kier alpha value is -2.77. The zero-order chi connectivity index (χ0) is 18.9. The Bertz CT molecular complexity index is 1190. The van der Waals surface area contributed by atoms with E-state index in [1.807, 2.05) is 60.0 Å². The Kier molecular flexibility index (Phi) is 4.54. The van der Waals surface area contributed by atoms with Gasteiger partial charge in [0, 0.05) is 16.7 Å². The molecule has 1 aliphatic rings. The van der Waals surface area contributed by atoms with Crippen molar-refractivity contribution < 1.29 is 9.47 Å². The number of nitrogens with one attached hydrogen (secondary N) is 1. The minimum Gasteiger partial charge on any atom is -0.486 e. The lowest BCUT2D eigenvalue weighted by atomic mass is 10.1. The predicted molar refractivity (Wildman–Crippen MR) is 113 cm³/mol. The number of thiophene rings is 1. The lowest BCUT2D eigenvalue weighted by molar-refractivity contribution is 0.107. The van der Waals surface area contributed by atoms with Crippen LogP contribution < -0.4 is 15.0 Å². The number of para-hydroxylation sites is 2. The normalized spacial score (nSPS) is 15.6.